The van der Waals surface area contributed by atoms with E-state index in [9.17, 15) is 13.2 Å². The van der Waals surface area contributed by atoms with Crippen molar-refractivity contribution in [3.63, 3.8) is 0 Å². The van der Waals surface area contributed by atoms with Gasteiger partial charge in [0.2, 0.25) is 10.0 Å². The Morgan fingerprint density at radius 3 is 2.55 bits per heavy atom. The second kappa shape index (κ2) is 5.90. The van der Waals surface area contributed by atoms with Crippen LogP contribution in [-0.2, 0) is 14.8 Å². The van der Waals surface area contributed by atoms with Crippen LogP contribution in [0.4, 0.5) is 0 Å². The first-order valence-corrected chi connectivity index (χ1v) is 7.89. The third kappa shape index (κ3) is 3.56. The number of benzene rings is 1. The Bertz CT molecular complexity index is 583. The number of carboxylic acid groups (broad SMARTS) is 1. The maximum atomic E-state index is 12.2. The molecule has 110 valence electrons. The van der Waals surface area contributed by atoms with Gasteiger partial charge < -0.3 is 10.4 Å². The predicted octanol–water partition coefficient (Wildman–Crippen LogP) is 0.336. The van der Waals surface area contributed by atoms with Crippen molar-refractivity contribution in [2.45, 2.75) is 24.3 Å². The van der Waals surface area contributed by atoms with Crippen LogP contribution in [-0.4, -0.2) is 38.6 Å². The molecule has 1 aliphatic heterocycles. The molecule has 1 aromatic rings. The van der Waals surface area contributed by atoms with Crippen molar-refractivity contribution in [3.8, 4) is 0 Å². The Hall–Kier alpha value is -1.44. The van der Waals surface area contributed by atoms with E-state index in [4.69, 9.17) is 5.11 Å². The van der Waals surface area contributed by atoms with Gasteiger partial charge in [-0.15, -0.1) is 0 Å². The van der Waals surface area contributed by atoms with Crippen molar-refractivity contribution in [3.05, 3.63) is 29.8 Å². The van der Waals surface area contributed by atoms with Gasteiger partial charge in [0.25, 0.3) is 0 Å². The van der Waals surface area contributed by atoms with E-state index in [0.717, 1.165) is 5.56 Å². The molecule has 1 heterocycles. The Labute approximate surface area is 118 Å². The van der Waals surface area contributed by atoms with Crippen molar-refractivity contribution < 1.29 is 18.3 Å². The van der Waals surface area contributed by atoms with Crippen LogP contribution in [0.3, 0.4) is 0 Å². The normalized spacial score (nSPS) is 23.4. The highest BCUT2D eigenvalue weighted by molar-refractivity contribution is 7.89. The molecule has 0 aromatic heterocycles. The van der Waals surface area contributed by atoms with E-state index in [-0.39, 0.29) is 4.90 Å². The van der Waals surface area contributed by atoms with E-state index in [0.29, 0.717) is 19.5 Å². The number of rotatable bonds is 4. The maximum absolute atomic E-state index is 12.2. The second-order valence-corrected chi connectivity index (χ2v) is 6.77. The van der Waals surface area contributed by atoms with E-state index < -0.39 is 28.0 Å². The van der Waals surface area contributed by atoms with Gasteiger partial charge in [-0.05, 0) is 25.5 Å². The van der Waals surface area contributed by atoms with Crippen LogP contribution < -0.4 is 10.0 Å². The van der Waals surface area contributed by atoms with Crippen LogP contribution in [0.15, 0.2) is 29.2 Å². The lowest BCUT2D eigenvalue weighted by Gasteiger charge is -2.28. The third-order valence-electron chi connectivity index (χ3n) is 3.35. The first kappa shape index (κ1) is 15.0. The summed E-state index contributed by atoms with van der Waals surface area (Å²) in [5.74, 6) is -1.47. The molecule has 7 heteroatoms. The Morgan fingerprint density at radius 1 is 1.30 bits per heavy atom. The molecule has 6 nitrogen and oxygen atoms in total. The summed E-state index contributed by atoms with van der Waals surface area (Å²) in [7, 11) is -3.61. The van der Waals surface area contributed by atoms with Crippen LogP contribution in [0, 0.1) is 12.8 Å². The second-order valence-electron chi connectivity index (χ2n) is 5.06. The zero-order valence-electron chi connectivity index (χ0n) is 11.2. The minimum absolute atomic E-state index is 0.195. The fourth-order valence-electron chi connectivity index (χ4n) is 2.22. The molecule has 0 amide bonds. The van der Waals surface area contributed by atoms with Gasteiger partial charge in [0.15, 0.2) is 0 Å². The van der Waals surface area contributed by atoms with Crippen molar-refractivity contribution in [2.75, 3.05) is 13.1 Å². The van der Waals surface area contributed by atoms with Gasteiger partial charge in [-0.3, -0.25) is 4.79 Å². The average molecular weight is 298 g/mol. The third-order valence-corrected chi connectivity index (χ3v) is 4.89. The van der Waals surface area contributed by atoms with Gasteiger partial charge in [-0.2, -0.15) is 0 Å². The topological polar surface area (TPSA) is 95.5 Å². The van der Waals surface area contributed by atoms with Crippen LogP contribution >= 0.6 is 0 Å². The number of aliphatic carboxylic acids is 1. The first-order chi connectivity index (χ1) is 9.38. The lowest BCUT2D eigenvalue weighted by molar-refractivity contribution is -0.142. The fraction of sp³-hybridized carbons (Fsp3) is 0.462. The minimum atomic E-state index is -3.61. The molecule has 20 heavy (non-hydrogen) atoms. The lowest BCUT2D eigenvalue weighted by atomic mass is 9.97. The van der Waals surface area contributed by atoms with Gasteiger partial charge in [0.1, 0.15) is 0 Å². The maximum Gasteiger partial charge on any atom is 0.307 e. The van der Waals surface area contributed by atoms with E-state index in [2.05, 4.69) is 10.0 Å². The van der Waals surface area contributed by atoms with Crippen molar-refractivity contribution >= 4 is 16.0 Å². The fourth-order valence-corrected chi connectivity index (χ4v) is 3.47. The molecule has 1 aliphatic rings. The first-order valence-electron chi connectivity index (χ1n) is 6.41. The van der Waals surface area contributed by atoms with Gasteiger partial charge in [0.05, 0.1) is 10.8 Å². The highest BCUT2D eigenvalue weighted by Gasteiger charge is 2.29. The lowest BCUT2D eigenvalue weighted by Crippen LogP contribution is -2.50. The van der Waals surface area contributed by atoms with Gasteiger partial charge in [-0.1, -0.05) is 17.7 Å². The molecule has 0 spiro atoms. The van der Waals surface area contributed by atoms with Crippen LogP contribution in [0.5, 0.6) is 0 Å². The smallest absolute Gasteiger partial charge is 0.307 e. The van der Waals surface area contributed by atoms with E-state index in [1.54, 1.807) is 24.3 Å². The molecule has 1 saturated heterocycles. The zero-order valence-corrected chi connectivity index (χ0v) is 12.0. The molecular formula is C13H18N2O4S. The summed E-state index contributed by atoms with van der Waals surface area (Å²) in [5, 5.41) is 11.9. The molecule has 0 bridgehead atoms. The van der Waals surface area contributed by atoms with Gasteiger partial charge in [-0.25, -0.2) is 13.1 Å². The van der Waals surface area contributed by atoms with Crippen LogP contribution in [0.1, 0.15) is 12.0 Å². The molecule has 2 atom stereocenters. The average Bonchev–Trinajstić information content (AvgIpc) is 2.39. The molecule has 0 saturated carbocycles. The standard InChI is InChI=1S/C13H18N2O4S/c1-9-2-4-12(5-3-9)20(18,19)15-11-6-10(13(16)17)7-14-8-11/h2-5,10-11,14-15H,6-8H2,1H3,(H,16,17)/t10-,11+/m0/s1. The summed E-state index contributed by atoms with van der Waals surface area (Å²) in [5.41, 5.74) is 0.981. The van der Waals surface area contributed by atoms with Crippen LogP contribution in [0.2, 0.25) is 0 Å². The SMILES string of the molecule is Cc1ccc(S(=O)(=O)N[C@H]2CNC[C@@H](C(=O)O)C2)cc1. The van der Waals surface area contributed by atoms with E-state index >= 15 is 0 Å². The summed E-state index contributed by atoms with van der Waals surface area (Å²) in [6.45, 7) is 2.69. The van der Waals surface area contributed by atoms with Crippen molar-refractivity contribution in [1.82, 2.24) is 10.0 Å². The highest BCUT2D eigenvalue weighted by Crippen LogP contribution is 2.15. The number of piperidine rings is 1. The monoisotopic (exact) mass is 298 g/mol. The molecule has 3 N–H and O–H groups in total. The molecular weight excluding hydrogens is 280 g/mol. The molecule has 0 aliphatic carbocycles. The molecule has 1 aromatic carbocycles. The number of aryl methyl sites for hydroxylation is 1. The quantitative estimate of drug-likeness (QED) is 0.745. The summed E-state index contributed by atoms with van der Waals surface area (Å²) >= 11 is 0. The molecule has 2 rings (SSSR count). The van der Waals surface area contributed by atoms with E-state index in [1.165, 1.54) is 0 Å². The van der Waals surface area contributed by atoms with Gasteiger partial charge in [0, 0.05) is 19.1 Å². The largest absolute Gasteiger partial charge is 0.481 e. The Kier molecular flexibility index (Phi) is 4.42. The minimum Gasteiger partial charge on any atom is -0.481 e. The number of hydrogen-bond donors (Lipinski definition) is 3. The Morgan fingerprint density at radius 2 is 1.95 bits per heavy atom. The summed E-state index contributed by atoms with van der Waals surface area (Å²) < 4.78 is 27.0. The van der Waals surface area contributed by atoms with Crippen molar-refractivity contribution in [1.29, 1.82) is 0 Å². The van der Waals surface area contributed by atoms with Gasteiger partial charge >= 0.3 is 5.97 Å². The number of nitrogens with one attached hydrogen (secondary N) is 2. The van der Waals surface area contributed by atoms with Crippen molar-refractivity contribution in [2.24, 2.45) is 5.92 Å². The predicted molar refractivity (Wildman–Crippen MR) is 73.9 cm³/mol. The summed E-state index contributed by atoms with van der Waals surface area (Å²) in [6, 6.07) is 6.14. The number of carboxylic acids is 1. The zero-order chi connectivity index (χ0) is 14.8. The molecule has 0 radical (unpaired) electrons. The molecule has 1 fully saturated rings. The number of carbonyl (C=O) groups is 1. The van der Waals surface area contributed by atoms with Crippen LogP contribution in [0.25, 0.3) is 0 Å². The van der Waals surface area contributed by atoms with E-state index in [1.807, 2.05) is 6.92 Å². The summed E-state index contributed by atoms with van der Waals surface area (Å²) in [4.78, 5) is 11.2. The Balaban J connectivity index is 2.08. The summed E-state index contributed by atoms with van der Waals surface area (Å²) in [6.07, 6.45) is 0.299. The number of sulfonamides is 1. The molecule has 0 unspecified atom stereocenters. The number of hydrogen-bond acceptors (Lipinski definition) is 4. The highest BCUT2D eigenvalue weighted by atomic mass is 32.2.